The Morgan fingerprint density at radius 3 is 2.90 bits per heavy atom. The van der Waals surface area contributed by atoms with Crippen molar-refractivity contribution in [3.8, 4) is 0 Å². The summed E-state index contributed by atoms with van der Waals surface area (Å²) in [7, 11) is 3.55. The number of para-hydroxylation sites is 1. The van der Waals surface area contributed by atoms with E-state index in [9.17, 15) is 4.79 Å². The zero-order chi connectivity index (χ0) is 14.3. The van der Waals surface area contributed by atoms with Gasteiger partial charge in [-0.3, -0.25) is 4.79 Å². The molecule has 0 saturated heterocycles. The lowest BCUT2D eigenvalue weighted by molar-refractivity contribution is -0.133. The summed E-state index contributed by atoms with van der Waals surface area (Å²) >= 11 is 0. The van der Waals surface area contributed by atoms with Gasteiger partial charge in [-0.15, -0.1) is 0 Å². The van der Waals surface area contributed by atoms with Crippen LogP contribution < -0.4 is 5.32 Å². The summed E-state index contributed by atoms with van der Waals surface area (Å²) in [6, 6.07) is 8.28. The Balaban J connectivity index is 1.88. The number of fused-ring (bicyclic) bond motifs is 1. The Morgan fingerprint density at radius 1 is 1.40 bits per heavy atom. The lowest BCUT2D eigenvalue weighted by atomic mass is 9.90. The molecule has 2 aliphatic heterocycles. The minimum absolute atomic E-state index is 0.0851. The number of rotatable bonds is 2. The summed E-state index contributed by atoms with van der Waals surface area (Å²) in [4.78, 5) is 13.6. The number of benzene rings is 1. The zero-order valence-corrected chi connectivity index (χ0v) is 12.2. The molecule has 1 amide bonds. The van der Waals surface area contributed by atoms with Crippen LogP contribution in [0.5, 0.6) is 0 Å². The van der Waals surface area contributed by atoms with Gasteiger partial charge in [0, 0.05) is 25.5 Å². The van der Waals surface area contributed by atoms with Crippen LogP contribution in [0.4, 0.5) is 5.69 Å². The van der Waals surface area contributed by atoms with Crippen LogP contribution in [0, 0.1) is 0 Å². The van der Waals surface area contributed by atoms with Crippen LogP contribution in [-0.2, 0) is 16.0 Å². The third-order valence-corrected chi connectivity index (χ3v) is 4.12. The molecule has 0 aliphatic carbocycles. The molecule has 0 fully saturated rings. The minimum Gasteiger partial charge on any atom is -0.364 e. The van der Waals surface area contributed by atoms with Crippen molar-refractivity contribution in [1.29, 1.82) is 0 Å². The first-order valence-corrected chi connectivity index (χ1v) is 6.91. The van der Waals surface area contributed by atoms with E-state index in [0.29, 0.717) is 13.0 Å². The summed E-state index contributed by atoms with van der Waals surface area (Å²) in [5.74, 6) is 0.0851. The maximum absolute atomic E-state index is 12.0. The fourth-order valence-corrected chi connectivity index (χ4v) is 2.87. The van der Waals surface area contributed by atoms with Gasteiger partial charge in [-0.1, -0.05) is 18.2 Å². The highest BCUT2D eigenvalue weighted by Crippen LogP contribution is 2.40. The second-order valence-corrected chi connectivity index (χ2v) is 5.92. The molecule has 1 atom stereocenters. The van der Waals surface area contributed by atoms with Crippen molar-refractivity contribution in [3.63, 3.8) is 0 Å². The van der Waals surface area contributed by atoms with E-state index in [0.717, 1.165) is 17.8 Å². The highest BCUT2D eigenvalue weighted by atomic mass is 16.5. The van der Waals surface area contributed by atoms with Crippen molar-refractivity contribution in [3.05, 3.63) is 41.1 Å². The van der Waals surface area contributed by atoms with E-state index in [1.54, 1.807) is 19.0 Å². The van der Waals surface area contributed by atoms with Crippen LogP contribution in [-0.4, -0.2) is 37.1 Å². The van der Waals surface area contributed by atoms with E-state index in [2.05, 4.69) is 23.5 Å². The molecule has 1 unspecified atom stereocenters. The number of hydrogen-bond acceptors (Lipinski definition) is 3. The van der Waals surface area contributed by atoms with Gasteiger partial charge in [0.1, 0.15) is 5.60 Å². The third-order valence-electron chi connectivity index (χ3n) is 4.12. The van der Waals surface area contributed by atoms with Gasteiger partial charge in [0.25, 0.3) is 0 Å². The topological polar surface area (TPSA) is 41.6 Å². The maximum atomic E-state index is 12.0. The van der Waals surface area contributed by atoms with E-state index in [4.69, 9.17) is 4.74 Å². The molecule has 1 aromatic rings. The van der Waals surface area contributed by atoms with Crippen molar-refractivity contribution in [2.24, 2.45) is 0 Å². The average molecular weight is 272 g/mol. The lowest BCUT2D eigenvalue weighted by Crippen LogP contribution is -2.38. The van der Waals surface area contributed by atoms with E-state index in [-0.39, 0.29) is 5.91 Å². The van der Waals surface area contributed by atoms with E-state index in [1.807, 2.05) is 13.0 Å². The van der Waals surface area contributed by atoms with Crippen LogP contribution in [0.1, 0.15) is 18.9 Å². The quantitative estimate of drug-likeness (QED) is 0.897. The van der Waals surface area contributed by atoms with E-state index in [1.165, 1.54) is 11.1 Å². The van der Waals surface area contributed by atoms with Crippen molar-refractivity contribution < 1.29 is 9.53 Å². The van der Waals surface area contributed by atoms with Gasteiger partial charge in [-0.25, -0.2) is 0 Å². The fraction of sp³-hybridized carbons (Fsp3) is 0.438. The standard InChI is InChI=1S/C16H20N2O2/c1-16(9-14(19)18(2)3)15-12(10-20-16)8-11-6-4-5-7-13(11)17-15/h4-7,17H,8-10H2,1-3H3. The van der Waals surface area contributed by atoms with Crippen LogP contribution in [0.2, 0.25) is 0 Å². The van der Waals surface area contributed by atoms with Crippen LogP contribution >= 0.6 is 0 Å². The Bertz CT molecular complexity index is 592. The summed E-state index contributed by atoms with van der Waals surface area (Å²) in [6.45, 7) is 2.60. The van der Waals surface area contributed by atoms with Gasteiger partial charge in [0.2, 0.25) is 5.91 Å². The monoisotopic (exact) mass is 272 g/mol. The van der Waals surface area contributed by atoms with E-state index >= 15 is 0 Å². The Morgan fingerprint density at radius 2 is 2.15 bits per heavy atom. The summed E-state index contributed by atoms with van der Waals surface area (Å²) in [5.41, 5.74) is 4.21. The van der Waals surface area contributed by atoms with Crippen molar-refractivity contribution in [1.82, 2.24) is 4.90 Å². The lowest BCUT2D eigenvalue weighted by Gasteiger charge is -2.31. The molecule has 4 nitrogen and oxygen atoms in total. The smallest absolute Gasteiger partial charge is 0.225 e. The fourth-order valence-electron chi connectivity index (χ4n) is 2.87. The molecule has 0 bridgehead atoms. The maximum Gasteiger partial charge on any atom is 0.225 e. The molecule has 1 aromatic carbocycles. The molecule has 0 aromatic heterocycles. The third kappa shape index (κ3) is 2.10. The number of ether oxygens (including phenoxy) is 1. The highest BCUT2D eigenvalue weighted by molar-refractivity contribution is 5.78. The number of carbonyl (C=O) groups excluding carboxylic acids is 1. The average Bonchev–Trinajstić information content (AvgIpc) is 2.73. The second-order valence-electron chi connectivity index (χ2n) is 5.92. The molecule has 0 spiro atoms. The van der Waals surface area contributed by atoms with E-state index < -0.39 is 5.60 Å². The van der Waals surface area contributed by atoms with Crippen molar-refractivity contribution in [2.75, 3.05) is 26.0 Å². The predicted molar refractivity (Wildman–Crippen MR) is 78.5 cm³/mol. The number of nitrogens with zero attached hydrogens (tertiary/aromatic N) is 1. The number of hydrogen-bond donors (Lipinski definition) is 1. The molecule has 106 valence electrons. The molecule has 2 heterocycles. The van der Waals surface area contributed by atoms with Gasteiger partial charge in [-0.2, -0.15) is 0 Å². The van der Waals surface area contributed by atoms with Crippen LogP contribution in [0.3, 0.4) is 0 Å². The van der Waals surface area contributed by atoms with Crippen LogP contribution in [0.25, 0.3) is 0 Å². The van der Waals surface area contributed by atoms with Gasteiger partial charge in [0.15, 0.2) is 0 Å². The molecule has 1 N–H and O–H groups in total. The number of amides is 1. The first-order valence-electron chi connectivity index (χ1n) is 6.91. The SMILES string of the molecule is CN(C)C(=O)CC1(C)OCC2=C1Nc1ccccc1C2. The molecule has 3 rings (SSSR count). The highest BCUT2D eigenvalue weighted by Gasteiger charge is 2.42. The normalized spacial score (nSPS) is 23.9. The molecule has 0 radical (unpaired) electrons. The summed E-state index contributed by atoms with van der Waals surface area (Å²) in [6.07, 6.45) is 1.28. The Hall–Kier alpha value is -1.81. The number of nitrogens with one attached hydrogen (secondary N) is 1. The molecule has 0 saturated carbocycles. The first-order chi connectivity index (χ1) is 9.49. The zero-order valence-electron chi connectivity index (χ0n) is 12.2. The van der Waals surface area contributed by atoms with Gasteiger partial charge in [0.05, 0.1) is 13.0 Å². The van der Waals surface area contributed by atoms with Gasteiger partial charge < -0.3 is 15.0 Å². The summed E-state index contributed by atoms with van der Waals surface area (Å²) in [5, 5.41) is 3.48. The molecular weight excluding hydrogens is 252 g/mol. The number of anilines is 1. The molecule has 20 heavy (non-hydrogen) atoms. The summed E-state index contributed by atoms with van der Waals surface area (Å²) < 4.78 is 5.96. The predicted octanol–water partition coefficient (Wildman–Crippen LogP) is 2.18. The Kier molecular flexibility index (Phi) is 3.05. The van der Waals surface area contributed by atoms with Gasteiger partial charge in [-0.05, 0) is 30.5 Å². The first kappa shape index (κ1) is 13.2. The number of carbonyl (C=O) groups is 1. The van der Waals surface area contributed by atoms with Crippen LogP contribution in [0.15, 0.2) is 35.5 Å². The molecule has 4 heteroatoms. The largest absolute Gasteiger partial charge is 0.364 e. The Labute approximate surface area is 119 Å². The van der Waals surface area contributed by atoms with Gasteiger partial charge >= 0.3 is 0 Å². The minimum atomic E-state index is -0.537. The second kappa shape index (κ2) is 4.63. The van der Waals surface area contributed by atoms with Crippen molar-refractivity contribution in [2.45, 2.75) is 25.4 Å². The molecule has 2 aliphatic rings. The molecular formula is C16H20N2O2. The van der Waals surface area contributed by atoms with Crippen molar-refractivity contribution >= 4 is 11.6 Å².